The number of hydrogen-bond donors (Lipinski definition) is 1. The van der Waals surface area contributed by atoms with Gasteiger partial charge in [-0.3, -0.25) is 9.69 Å². The van der Waals surface area contributed by atoms with Crippen molar-refractivity contribution in [3.05, 3.63) is 47.1 Å². The number of halogens is 1. The molecule has 1 aliphatic rings. The van der Waals surface area contributed by atoms with Crippen LogP contribution in [0.5, 0.6) is 5.75 Å². The third-order valence-corrected chi connectivity index (χ3v) is 3.74. The zero-order valence-electron chi connectivity index (χ0n) is 13.1. The van der Waals surface area contributed by atoms with Crippen molar-refractivity contribution in [2.75, 3.05) is 6.54 Å². The number of nitrogens with zero attached hydrogens (tertiary/aromatic N) is 1. The molecule has 0 saturated carbocycles. The van der Waals surface area contributed by atoms with Crippen LogP contribution in [0.15, 0.2) is 36.6 Å². The highest BCUT2D eigenvalue weighted by atomic mass is 35.5. The summed E-state index contributed by atoms with van der Waals surface area (Å²) in [6.45, 7) is 7.69. The van der Waals surface area contributed by atoms with Crippen LogP contribution in [0.25, 0.3) is 6.08 Å². The van der Waals surface area contributed by atoms with Gasteiger partial charge in [0.2, 0.25) is 0 Å². The van der Waals surface area contributed by atoms with Gasteiger partial charge in [0.15, 0.2) is 0 Å². The van der Waals surface area contributed by atoms with E-state index in [1.54, 1.807) is 24.3 Å². The number of hydrogen-bond acceptors (Lipinski definition) is 3. The van der Waals surface area contributed by atoms with Crippen LogP contribution in [0.4, 0.5) is 4.79 Å². The summed E-state index contributed by atoms with van der Waals surface area (Å²) in [5.74, 6) is 0.212. The lowest BCUT2D eigenvalue weighted by Crippen LogP contribution is -2.30. The number of urea groups is 1. The zero-order valence-corrected chi connectivity index (χ0v) is 13.9. The fraction of sp³-hybridized carbons (Fsp3) is 0.294. The molecular weight excluding hydrogens is 316 g/mol. The molecule has 5 nitrogen and oxygen atoms in total. The molecule has 0 spiro atoms. The molecule has 122 valence electrons. The minimum Gasteiger partial charge on any atom is -0.489 e. The van der Waals surface area contributed by atoms with Crippen molar-refractivity contribution in [1.29, 1.82) is 0 Å². The first-order valence-corrected chi connectivity index (χ1v) is 7.75. The molecule has 3 amide bonds. The lowest BCUT2D eigenvalue weighted by molar-refractivity contribution is -0.122. The number of amides is 3. The highest BCUT2D eigenvalue weighted by Gasteiger charge is 2.32. The average molecular weight is 335 g/mol. The van der Waals surface area contributed by atoms with E-state index in [4.69, 9.17) is 16.3 Å². The molecule has 1 N–H and O–H groups in total. The maximum Gasteiger partial charge on any atom is 0.329 e. The van der Waals surface area contributed by atoms with Gasteiger partial charge in [-0.25, -0.2) is 4.79 Å². The maximum atomic E-state index is 12.1. The Morgan fingerprint density at radius 1 is 1.43 bits per heavy atom. The van der Waals surface area contributed by atoms with Gasteiger partial charge in [-0.2, -0.15) is 0 Å². The van der Waals surface area contributed by atoms with Gasteiger partial charge < -0.3 is 10.1 Å². The van der Waals surface area contributed by atoms with E-state index in [9.17, 15) is 9.59 Å². The van der Waals surface area contributed by atoms with E-state index in [-0.39, 0.29) is 24.3 Å². The molecular formula is C17H19ClN2O3. The number of imide groups is 1. The van der Waals surface area contributed by atoms with Crippen LogP contribution in [0.2, 0.25) is 5.02 Å². The molecule has 1 aromatic rings. The Hall–Kier alpha value is -2.27. The Labute approximate surface area is 140 Å². The Morgan fingerprint density at radius 3 is 2.78 bits per heavy atom. The second-order valence-corrected chi connectivity index (χ2v) is 5.63. The molecule has 0 bridgehead atoms. The minimum atomic E-state index is -0.455. The quantitative estimate of drug-likeness (QED) is 0.491. The fourth-order valence-corrected chi connectivity index (χ4v) is 2.27. The molecule has 6 heteroatoms. The molecule has 0 aliphatic carbocycles. The molecule has 1 atom stereocenters. The summed E-state index contributed by atoms with van der Waals surface area (Å²) in [5, 5.41) is 3.00. The summed E-state index contributed by atoms with van der Waals surface area (Å²) in [5.41, 5.74) is 0.916. The van der Waals surface area contributed by atoms with Crippen LogP contribution in [-0.2, 0) is 4.79 Å². The average Bonchev–Trinajstić information content (AvgIpc) is 2.78. The summed E-state index contributed by atoms with van der Waals surface area (Å²) < 4.78 is 5.70. The molecule has 23 heavy (non-hydrogen) atoms. The first-order chi connectivity index (χ1) is 11.0. The minimum absolute atomic E-state index is 0.0693. The van der Waals surface area contributed by atoms with E-state index < -0.39 is 6.03 Å². The Kier molecular flexibility index (Phi) is 5.45. The molecule has 1 aliphatic heterocycles. The van der Waals surface area contributed by atoms with Gasteiger partial charge in [-0.05, 0) is 37.1 Å². The summed E-state index contributed by atoms with van der Waals surface area (Å²) >= 11 is 6.21. The van der Waals surface area contributed by atoms with Crippen LogP contribution in [0, 0.1) is 0 Å². The molecule has 1 aromatic carbocycles. The lowest BCUT2D eigenvalue weighted by atomic mass is 10.1. The molecule has 1 fully saturated rings. The molecule has 1 saturated heterocycles. The van der Waals surface area contributed by atoms with Crippen molar-refractivity contribution in [2.24, 2.45) is 0 Å². The number of benzene rings is 1. The Balaban J connectivity index is 2.20. The lowest BCUT2D eigenvalue weighted by Gasteiger charge is -2.14. The van der Waals surface area contributed by atoms with E-state index >= 15 is 0 Å². The van der Waals surface area contributed by atoms with Crippen LogP contribution in [0.3, 0.4) is 0 Å². The second kappa shape index (κ2) is 7.33. The Morgan fingerprint density at radius 2 is 2.17 bits per heavy atom. The first-order valence-electron chi connectivity index (χ1n) is 7.38. The highest BCUT2D eigenvalue weighted by Crippen LogP contribution is 2.28. The van der Waals surface area contributed by atoms with Gasteiger partial charge in [0, 0.05) is 6.54 Å². The molecule has 2 rings (SSSR count). The third-order valence-electron chi connectivity index (χ3n) is 3.44. The molecule has 0 radical (unpaired) electrons. The van der Waals surface area contributed by atoms with Crippen LogP contribution in [0.1, 0.15) is 25.8 Å². The SMILES string of the molecule is C=CCN1C(=O)N/C(=C/c2ccc(O[C@@H](C)CC)c(Cl)c2)C1=O. The van der Waals surface area contributed by atoms with Gasteiger partial charge in [0.05, 0.1) is 11.1 Å². The smallest absolute Gasteiger partial charge is 0.329 e. The number of ether oxygens (including phenoxy) is 1. The van der Waals surface area contributed by atoms with Crippen molar-refractivity contribution in [3.63, 3.8) is 0 Å². The monoisotopic (exact) mass is 334 g/mol. The van der Waals surface area contributed by atoms with Gasteiger partial charge >= 0.3 is 6.03 Å². The summed E-state index contributed by atoms with van der Waals surface area (Å²) in [6, 6.07) is 4.78. The summed E-state index contributed by atoms with van der Waals surface area (Å²) in [4.78, 5) is 24.9. The van der Waals surface area contributed by atoms with Crippen molar-refractivity contribution < 1.29 is 14.3 Å². The third kappa shape index (κ3) is 3.93. The largest absolute Gasteiger partial charge is 0.489 e. The van der Waals surface area contributed by atoms with Gasteiger partial charge in [-0.15, -0.1) is 6.58 Å². The number of carbonyl (C=O) groups excluding carboxylic acids is 2. The van der Waals surface area contributed by atoms with E-state index in [2.05, 4.69) is 11.9 Å². The highest BCUT2D eigenvalue weighted by molar-refractivity contribution is 6.32. The zero-order chi connectivity index (χ0) is 17.0. The van der Waals surface area contributed by atoms with Crippen molar-refractivity contribution in [1.82, 2.24) is 10.2 Å². The molecule has 0 unspecified atom stereocenters. The van der Waals surface area contributed by atoms with Gasteiger partial charge in [-0.1, -0.05) is 30.7 Å². The fourth-order valence-electron chi connectivity index (χ4n) is 2.04. The van der Waals surface area contributed by atoms with Crippen LogP contribution in [-0.4, -0.2) is 29.5 Å². The topological polar surface area (TPSA) is 58.6 Å². The predicted molar refractivity (Wildman–Crippen MR) is 90.3 cm³/mol. The Bertz CT molecular complexity index is 670. The van der Waals surface area contributed by atoms with E-state index in [1.807, 2.05) is 13.8 Å². The number of carbonyl (C=O) groups is 2. The molecule has 0 aromatic heterocycles. The van der Waals surface area contributed by atoms with E-state index in [0.29, 0.717) is 16.3 Å². The van der Waals surface area contributed by atoms with Crippen molar-refractivity contribution in [2.45, 2.75) is 26.4 Å². The van der Waals surface area contributed by atoms with Crippen molar-refractivity contribution >= 4 is 29.6 Å². The summed E-state index contributed by atoms with van der Waals surface area (Å²) in [6.07, 6.45) is 4.03. The number of rotatable bonds is 6. The van der Waals surface area contributed by atoms with Gasteiger partial charge in [0.1, 0.15) is 11.4 Å². The second-order valence-electron chi connectivity index (χ2n) is 5.22. The normalized spacial score (nSPS) is 17.3. The van der Waals surface area contributed by atoms with Crippen LogP contribution >= 0.6 is 11.6 Å². The van der Waals surface area contributed by atoms with E-state index in [1.165, 1.54) is 6.08 Å². The standard InChI is InChI=1S/C17H19ClN2O3/c1-4-8-20-16(21)14(19-17(20)22)10-12-6-7-15(13(18)9-12)23-11(3)5-2/h4,6-7,9-11H,1,5,8H2,2-3H3,(H,19,22)/b14-10+/t11-/m0/s1. The maximum absolute atomic E-state index is 12.1. The van der Waals surface area contributed by atoms with Crippen LogP contribution < -0.4 is 10.1 Å². The molecule has 1 heterocycles. The number of nitrogens with one attached hydrogen (secondary N) is 1. The summed E-state index contributed by atoms with van der Waals surface area (Å²) in [7, 11) is 0. The predicted octanol–water partition coefficient (Wildman–Crippen LogP) is 3.60. The van der Waals surface area contributed by atoms with Gasteiger partial charge in [0.25, 0.3) is 5.91 Å². The van der Waals surface area contributed by atoms with E-state index in [0.717, 1.165) is 11.3 Å². The first kappa shape index (κ1) is 17.1. The van der Waals surface area contributed by atoms with Crippen molar-refractivity contribution in [3.8, 4) is 5.75 Å².